The zero-order valence-corrected chi connectivity index (χ0v) is 14.6. The average Bonchev–Trinajstić information content (AvgIpc) is 2.54. The highest BCUT2D eigenvalue weighted by Gasteiger charge is 2.23. The highest BCUT2D eigenvalue weighted by atomic mass is 32.2. The molecule has 1 atom stereocenters. The molecule has 25 heavy (non-hydrogen) atoms. The van der Waals surface area contributed by atoms with Crippen molar-refractivity contribution in [3.63, 3.8) is 0 Å². The van der Waals surface area contributed by atoms with Gasteiger partial charge >= 0.3 is 0 Å². The number of hydrogen-bond acceptors (Lipinski definition) is 5. The lowest BCUT2D eigenvalue weighted by molar-refractivity contribution is 0.414. The number of para-hydroxylation sites is 1. The zero-order chi connectivity index (χ0) is 18.6. The largest absolute Gasteiger partial charge is 0.755 e. The van der Waals surface area contributed by atoms with Crippen LogP contribution in [-0.2, 0) is 21.3 Å². The van der Waals surface area contributed by atoms with Crippen LogP contribution in [0.25, 0.3) is 6.08 Å². The Bertz CT molecular complexity index is 931. The smallest absolute Gasteiger partial charge is 0.243 e. The molecule has 0 saturated heterocycles. The number of ether oxygens (including phenoxy) is 1. The Morgan fingerprint density at radius 3 is 2.52 bits per heavy atom. The fourth-order valence-electron chi connectivity index (χ4n) is 2.12. The number of halogens is 1. The van der Waals surface area contributed by atoms with Gasteiger partial charge in [0.05, 0.1) is 24.1 Å². The first-order valence-corrected chi connectivity index (χ1v) is 9.34. The lowest BCUT2D eigenvalue weighted by Gasteiger charge is -2.24. The number of nitrogens with zero attached hydrogens (tertiary/aromatic N) is 1. The first-order valence-electron chi connectivity index (χ1n) is 6.77. The molecule has 0 aliphatic rings. The van der Waals surface area contributed by atoms with Crippen LogP contribution in [0.4, 0.5) is 10.1 Å². The van der Waals surface area contributed by atoms with Gasteiger partial charge in [0.25, 0.3) is 0 Å². The molecule has 0 spiro atoms. The van der Waals surface area contributed by atoms with E-state index in [4.69, 9.17) is 9.88 Å². The summed E-state index contributed by atoms with van der Waals surface area (Å²) < 4.78 is 66.0. The van der Waals surface area contributed by atoms with E-state index in [1.165, 1.54) is 19.3 Å². The van der Waals surface area contributed by atoms with Crippen LogP contribution < -0.4 is 14.2 Å². The molecule has 0 aromatic heterocycles. The molecule has 2 N–H and O–H groups in total. The van der Waals surface area contributed by atoms with Crippen LogP contribution in [0.2, 0.25) is 0 Å². The van der Waals surface area contributed by atoms with Crippen molar-refractivity contribution in [2.75, 3.05) is 11.4 Å². The number of nitrogens with two attached hydrogens (primary N) is 1. The Morgan fingerprint density at radius 1 is 1.24 bits per heavy atom. The quantitative estimate of drug-likeness (QED) is 0.761. The van der Waals surface area contributed by atoms with Crippen molar-refractivity contribution in [3.8, 4) is 5.75 Å². The van der Waals surface area contributed by atoms with Gasteiger partial charge in [0.1, 0.15) is 16.5 Å². The standard InChI is InChI=1S/C15H15FN2O5S2/c1-23-14-8-3-2-5-11(14)9-10-18(24(19)20)13-7-4-6-12(16)15(13)25(17,21)22/h2-10H,1H3,(H,19,20)(H2,17,21,22)/p-1. The molecule has 0 saturated carbocycles. The SMILES string of the molecule is COc1ccccc1C=CN(c1cccc(F)c1S(N)(=O)=O)S(=O)[O-]. The predicted octanol–water partition coefficient (Wildman–Crippen LogP) is 1.75. The van der Waals surface area contributed by atoms with Crippen molar-refractivity contribution < 1.29 is 26.3 Å². The molecular weight excluding hydrogens is 371 g/mol. The number of anilines is 1. The number of rotatable bonds is 6. The molecule has 2 aromatic rings. The van der Waals surface area contributed by atoms with Crippen molar-refractivity contribution in [2.45, 2.75) is 4.90 Å². The number of benzene rings is 2. The van der Waals surface area contributed by atoms with Crippen LogP contribution in [0.3, 0.4) is 0 Å². The minimum Gasteiger partial charge on any atom is -0.755 e. The van der Waals surface area contributed by atoms with E-state index >= 15 is 0 Å². The lowest BCUT2D eigenvalue weighted by atomic mass is 10.2. The maximum absolute atomic E-state index is 13.9. The number of sulfonamides is 1. The van der Waals surface area contributed by atoms with Gasteiger partial charge in [-0.15, -0.1) is 0 Å². The Morgan fingerprint density at radius 2 is 1.92 bits per heavy atom. The zero-order valence-electron chi connectivity index (χ0n) is 13.0. The second-order valence-corrected chi connectivity index (χ2v) is 7.06. The molecule has 0 aliphatic carbocycles. The number of primary sulfonamides is 1. The molecule has 0 amide bonds. The van der Waals surface area contributed by atoms with E-state index in [1.54, 1.807) is 24.3 Å². The van der Waals surface area contributed by atoms with Crippen molar-refractivity contribution in [3.05, 3.63) is 60.0 Å². The average molecular weight is 385 g/mol. The third-order valence-corrected chi connectivity index (χ3v) is 4.77. The van der Waals surface area contributed by atoms with Crippen LogP contribution in [-0.4, -0.2) is 24.3 Å². The maximum Gasteiger partial charge on any atom is 0.243 e. The summed E-state index contributed by atoms with van der Waals surface area (Å²) in [6.45, 7) is 0. The first kappa shape index (κ1) is 19.1. The fraction of sp³-hybridized carbons (Fsp3) is 0.0667. The molecule has 2 rings (SSSR count). The van der Waals surface area contributed by atoms with Gasteiger partial charge in [-0.2, -0.15) is 0 Å². The monoisotopic (exact) mass is 385 g/mol. The summed E-state index contributed by atoms with van der Waals surface area (Å²) in [5, 5.41) is 5.01. The summed E-state index contributed by atoms with van der Waals surface area (Å²) >= 11 is -2.92. The highest BCUT2D eigenvalue weighted by molar-refractivity contribution is 7.89. The molecule has 0 aliphatic heterocycles. The van der Waals surface area contributed by atoms with Crippen LogP contribution in [0, 0.1) is 5.82 Å². The van der Waals surface area contributed by atoms with Gasteiger partial charge in [-0.3, -0.25) is 8.51 Å². The van der Waals surface area contributed by atoms with Crippen molar-refractivity contribution in [2.24, 2.45) is 5.14 Å². The Labute approximate surface area is 147 Å². The molecule has 10 heteroatoms. The summed E-state index contributed by atoms with van der Waals surface area (Å²) in [6.07, 6.45) is 2.46. The van der Waals surface area contributed by atoms with Crippen molar-refractivity contribution in [1.29, 1.82) is 0 Å². The summed E-state index contributed by atoms with van der Waals surface area (Å²) in [6, 6.07) is 9.94. The predicted molar refractivity (Wildman–Crippen MR) is 91.2 cm³/mol. The lowest BCUT2D eigenvalue weighted by Crippen LogP contribution is -2.24. The minimum atomic E-state index is -4.49. The van der Waals surface area contributed by atoms with Gasteiger partial charge in [0.2, 0.25) is 10.0 Å². The van der Waals surface area contributed by atoms with Crippen molar-refractivity contribution in [1.82, 2.24) is 0 Å². The molecule has 0 bridgehead atoms. The van der Waals surface area contributed by atoms with Gasteiger partial charge < -0.3 is 9.29 Å². The molecule has 0 fully saturated rings. The third kappa shape index (κ3) is 4.42. The summed E-state index contributed by atoms with van der Waals surface area (Å²) in [4.78, 5) is -0.913. The van der Waals surface area contributed by atoms with Crippen molar-refractivity contribution >= 4 is 33.1 Å². The fourth-order valence-corrected chi connectivity index (χ4v) is 3.44. The van der Waals surface area contributed by atoms with Crippen LogP contribution >= 0.6 is 0 Å². The number of methoxy groups -OCH3 is 1. The van der Waals surface area contributed by atoms with E-state index in [0.717, 1.165) is 18.3 Å². The minimum absolute atomic E-state index is 0.429. The first-order chi connectivity index (χ1) is 11.8. The van der Waals surface area contributed by atoms with E-state index in [9.17, 15) is 21.6 Å². The molecule has 2 aromatic carbocycles. The summed E-state index contributed by atoms with van der Waals surface area (Å²) in [7, 11) is -3.04. The van der Waals surface area contributed by atoms with Gasteiger partial charge in [0, 0.05) is 11.8 Å². The van der Waals surface area contributed by atoms with Gasteiger partial charge in [-0.1, -0.05) is 24.3 Å². The Hall–Kier alpha value is -2.27. The van der Waals surface area contributed by atoms with E-state index < -0.39 is 37.7 Å². The van der Waals surface area contributed by atoms with E-state index in [-0.39, 0.29) is 0 Å². The Kier molecular flexibility index (Phi) is 5.90. The van der Waals surface area contributed by atoms with Gasteiger partial charge in [-0.25, -0.2) is 17.9 Å². The number of hydrogen-bond donors (Lipinski definition) is 1. The van der Waals surface area contributed by atoms with Crippen LogP contribution in [0.5, 0.6) is 5.75 Å². The molecule has 1 unspecified atom stereocenters. The van der Waals surface area contributed by atoms with Gasteiger partial charge in [-0.05, 0) is 24.3 Å². The molecule has 0 heterocycles. The molecule has 0 radical (unpaired) electrons. The highest BCUT2D eigenvalue weighted by Crippen LogP contribution is 2.29. The summed E-state index contributed by atoms with van der Waals surface area (Å²) in [5.74, 6) is -0.678. The second kappa shape index (κ2) is 7.74. The van der Waals surface area contributed by atoms with Crippen LogP contribution in [0.1, 0.15) is 5.56 Å². The van der Waals surface area contributed by atoms with E-state index in [2.05, 4.69) is 0 Å². The normalized spacial score (nSPS) is 13.0. The topological polar surface area (TPSA) is 113 Å². The maximum atomic E-state index is 13.9. The Balaban J connectivity index is 2.56. The second-order valence-electron chi connectivity index (χ2n) is 4.73. The summed E-state index contributed by atoms with van der Waals surface area (Å²) in [5.41, 5.74) is 0.107. The molecule has 7 nitrogen and oxygen atoms in total. The van der Waals surface area contributed by atoms with Gasteiger partial charge in [0.15, 0.2) is 0 Å². The van der Waals surface area contributed by atoms with E-state index in [0.29, 0.717) is 15.6 Å². The third-order valence-electron chi connectivity index (χ3n) is 3.16. The molecular formula is C15H14FN2O5S2-. The molecule has 134 valence electrons. The van der Waals surface area contributed by atoms with E-state index in [1.807, 2.05) is 0 Å². The van der Waals surface area contributed by atoms with Crippen LogP contribution in [0.15, 0.2) is 53.6 Å².